The van der Waals surface area contributed by atoms with Gasteiger partial charge in [-0.05, 0) is 19.1 Å². The van der Waals surface area contributed by atoms with Gasteiger partial charge >= 0.3 is 0 Å². The molecule has 122 valence electrons. The number of nitrogens with one attached hydrogen (secondary N) is 2. The first-order valence-corrected chi connectivity index (χ1v) is 7.02. The minimum atomic E-state index is 0. The van der Waals surface area contributed by atoms with Crippen molar-refractivity contribution < 1.29 is 9.47 Å². The van der Waals surface area contributed by atoms with Crippen LogP contribution in [0.25, 0.3) is 0 Å². The van der Waals surface area contributed by atoms with E-state index in [1.807, 2.05) is 31.2 Å². The first-order chi connectivity index (χ1) is 10.3. The van der Waals surface area contributed by atoms with Gasteiger partial charge in [0.05, 0.1) is 20.3 Å². The summed E-state index contributed by atoms with van der Waals surface area (Å²) in [6, 6.07) is 7.56. The number of hydrogen-bond donors (Lipinski definition) is 2. The van der Waals surface area contributed by atoms with Gasteiger partial charge < -0.3 is 20.1 Å². The van der Waals surface area contributed by atoms with E-state index in [1.165, 1.54) is 0 Å². The van der Waals surface area contributed by atoms with Crippen LogP contribution >= 0.6 is 24.0 Å². The molecule has 1 rings (SSSR count). The van der Waals surface area contributed by atoms with E-state index in [0.717, 1.165) is 30.4 Å². The number of benzene rings is 1. The van der Waals surface area contributed by atoms with Gasteiger partial charge in [0.25, 0.3) is 0 Å². The molecule has 0 radical (unpaired) electrons. The van der Waals surface area contributed by atoms with Crippen LogP contribution in [0, 0.1) is 12.3 Å². The third kappa shape index (κ3) is 8.62. The SMILES string of the molecule is C#CCNC(=NCCCOc1cccc(OC)c1)NCC.I. The van der Waals surface area contributed by atoms with Crippen molar-refractivity contribution in [1.29, 1.82) is 0 Å². The van der Waals surface area contributed by atoms with E-state index in [0.29, 0.717) is 19.7 Å². The highest BCUT2D eigenvalue weighted by Gasteiger charge is 1.97. The van der Waals surface area contributed by atoms with Gasteiger partial charge in [-0.1, -0.05) is 12.0 Å². The summed E-state index contributed by atoms with van der Waals surface area (Å²) in [6.07, 6.45) is 6.04. The van der Waals surface area contributed by atoms with Crippen molar-refractivity contribution in [2.24, 2.45) is 4.99 Å². The standard InChI is InChI=1S/C16H23N3O2.HI/c1-4-10-18-16(17-5-2)19-11-7-12-21-15-9-6-8-14(13-15)20-3;/h1,6,8-9,13H,5,7,10-12H2,2-3H3,(H2,17,18,19);1H. The number of rotatable bonds is 8. The van der Waals surface area contributed by atoms with Crippen molar-refractivity contribution >= 4 is 29.9 Å². The van der Waals surface area contributed by atoms with E-state index in [2.05, 4.69) is 21.5 Å². The highest BCUT2D eigenvalue weighted by Crippen LogP contribution is 2.18. The molecule has 0 bridgehead atoms. The zero-order chi connectivity index (χ0) is 15.3. The summed E-state index contributed by atoms with van der Waals surface area (Å²) in [5.41, 5.74) is 0. The predicted molar refractivity (Wildman–Crippen MR) is 101 cm³/mol. The zero-order valence-corrected chi connectivity index (χ0v) is 15.4. The minimum Gasteiger partial charge on any atom is -0.497 e. The summed E-state index contributed by atoms with van der Waals surface area (Å²) in [4.78, 5) is 4.41. The molecule has 2 N–H and O–H groups in total. The molecule has 0 aliphatic carbocycles. The fourth-order valence-electron chi connectivity index (χ4n) is 1.61. The Labute approximate surface area is 149 Å². The summed E-state index contributed by atoms with van der Waals surface area (Å²) in [5, 5.41) is 6.17. The quantitative estimate of drug-likeness (QED) is 0.224. The van der Waals surface area contributed by atoms with Crippen LogP contribution in [0.15, 0.2) is 29.3 Å². The van der Waals surface area contributed by atoms with Crippen molar-refractivity contribution in [3.63, 3.8) is 0 Å². The zero-order valence-electron chi connectivity index (χ0n) is 13.1. The minimum absolute atomic E-state index is 0. The maximum absolute atomic E-state index is 5.65. The Bertz CT molecular complexity index is 487. The average molecular weight is 417 g/mol. The van der Waals surface area contributed by atoms with Gasteiger partial charge in [-0.2, -0.15) is 0 Å². The summed E-state index contributed by atoms with van der Waals surface area (Å²) < 4.78 is 10.8. The van der Waals surface area contributed by atoms with Crippen molar-refractivity contribution in [2.45, 2.75) is 13.3 Å². The first kappa shape index (κ1) is 20.4. The molecule has 6 heteroatoms. The second-order valence-corrected chi connectivity index (χ2v) is 4.20. The van der Waals surface area contributed by atoms with Gasteiger partial charge in [-0.25, -0.2) is 0 Å². The smallest absolute Gasteiger partial charge is 0.192 e. The Hall–Kier alpha value is -1.62. The van der Waals surface area contributed by atoms with Gasteiger partial charge in [-0.3, -0.25) is 4.99 Å². The monoisotopic (exact) mass is 417 g/mol. The maximum Gasteiger partial charge on any atom is 0.192 e. The van der Waals surface area contributed by atoms with Gasteiger partial charge in [0.2, 0.25) is 0 Å². The molecule has 0 unspecified atom stereocenters. The van der Waals surface area contributed by atoms with Crippen molar-refractivity contribution in [3.8, 4) is 23.8 Å². The van der Waals surface area contributed by atoms with Gasteiger partial charge in [0.15, 0.2) is 5.96 Å². The molecule has 0 atom stereocenters. The predicted octanol–water partition coefficient (Wildman–Crippen LogP) is 2.27. The molecule has 0 aliphatic rings. The highest BCUT2D eigenvalue weighted by molar-refractivity contribution is 14.0. The summed E-state index contributed by atoms with van der Waals surface area (Å²) in [5.74, 6) is 4.85. The number of halogens is 1. The number of nitrogens with zero attached hydrogens (tertiary/aromatic N) is 1. The van der Waals surface area contributed by atoms with Crippen molar-refractivity contribution in [2.75, 3.05) is 33.4 Å². The molecule has 5 nitrogen and oxygen atoms in total. The van der Waals surface area contributed by atoms with Crippen LogP contribution in [0.2, 0.25) is 0 Å². The molecule has 0 aromatic heterocycles. The number of terminal acetylenes is 1. The fourth-order valence-corrected chi connectivity index (χ4v) is 1.61. The summed E-state index contributed by atoms with van der Waals surface area (Å²) in [7, 11) is 1.64. The average Bonchev–Trinajstić information content (AvgIpc) is 2.52. The van der Waals surface area contributed by atoms with E-state index in [4.69, 9.17) is 15.9 Å². The third-order valence-corrected chi connectivity index (χ3v) is 2.58. The number of methoxy groups -OCH3 is 1. The van der Waals surface area contributed by atoms with E-state index < -0.39 is 0 Å². The lowest BCUT2D eigenvalue weighted by Gasteiger charge is -2.09. The summed E-state index contributed by atoms with van der Waals surface area (Å²) in [6.45, 7) is 4.55. The van der Waals surface area contributed by atoms with Crippen LogP contribution in [0.3, 0.4) is 0 Å². The Balaban J connectivity index is 0.00000441. The van der Waals surface area contributed by atoms with Crippen molar-refractivity contribution in [3.05, 3.63) is 24.3 Å². The Morgan fingerprint density at radius 2 is 2.09 bits per heavy atom. The van der Waals surface area contributed by atoms with Crippen LogP contribution < -0.4 is 20.1 Å². The Kier molecular flexibility index (Phi) is 12.1. The number of hydrogen-bond acceptors (Lipinski definition) is 3. The van der Waals surface area contributed by atoms with E-state index >= 15 is 0 Å². The molecule has 1 aromatic rings. The van der Waals surface area contributed by atoms with Crippen LogP contribution in [0.4, 0.5) is 0 Å². The van der Waals surface area contributed by atoms with Gasteiger partial charge in [0.1, 0.15) is 11.5 Å². The van der Waals surface area contributed by atoms with Crippen LogP contribution in [-0.2, 0) is 0 Å². The third-order valence-electron chi connectivity index (χ3n) is 2.58. The lowest BCUT2D eigenvalue weighted by atomic mass is 10.3. The summed E-state index contributed by atoms with van der Waals surface area (Å²) >= 11 is 0. The van der Waals surface area contributed by atoms with E-state index in [-0.39, 0.29) is 24.0 Å². The fraction of sp³-hybridized carbons (Fsp3) is 0.438. The molecule has 22 heavy (non-hydrogen) atoms. The lowest BCUT2D eigenvalue weighted by Crippen LogP contribution is -2.37. The second kappa shape index (κ2) is 13.1. The Morgan fingerprint density at radius 1 is 1.32 bits per heavy atom. The molecule has 0 amide bonds. The molecule has 0 heterocycles. The molecule has 0 spiro atoms. The molecule has 0 saturated carbocycles. The maximum atomic E-state index is 5.65. The topological polar surface area (TPSA) is 54.9 Å². The molecular weight excluding hydrogens is 393 g/mol. The molecule has 0 fully saturated rings. The Morgan fingerprint density at radius 3 is 2.77 bits per heavy atom. The van der Waals surface area contributed by atoms with Crippen LogP contribution in [0.5, 0.6) is 11.5 Å². The number of aliphatic imine (C=N–C) groups is 1. The van der Waals surface area contributed by atoms with Gasteiger partial charge in [-0.15, -0.1) is 30.4 Å². The van der Waals surface area contributed by atoms with Gasteiger partial charge in [0, 0.05) is 25.6 Å². The van der Waals surface area contributed by atoms with E-state index in [9.17, 15) is 0 Å². The lowest BCUT2D eigenvalue weighted by molar-refractivity contribution is 0.311. The molecule has 0 aliphatic heterocycles. The molecular formula is C16H24IN3O2. The normalized spacial score (nSPS) is 10.1. The number of guanidine groups is 1. The van der Waals surface area contributed by atoms with Crippen molar-refractivity contribution in [1.82, 2.24) is 10.6 Å². The molecule has 1 aromatic carbocycles. The first-order valence-electron chi connectivity index (χ1n) is 7.02. The van der Waals surface area contributed by atoms with Crippen LogP contribution in [0.1, 0.15) is 13.3 Å². The molecule has 0 saturated heterocycles. The highest BCUT2D eigenvalue weighted by atomic mass is 127. The largest absolute Gasteiger partial charge is 0.497 e. The second-order valence-electron chi connectivity index (χ2n) is 4.20. The van der Waals surface area contributed by atoms with E-state index in [1.54, 1.807) is 7.11 Å². The number of ether oxygens (including phenoxy) is 2. The van der Waals surface area contributed by atoms with Crippen LogP contribution in [-0.4, -0.2) is 39.3 Å².